The molecule has 1 atom stereocenters. The van der Waals surface area contributed by atoms with Crippen molar-refractivity contribution in [3.8, 4) is 22.9 Å². The maximum absolute atomic E-state index is 9.21. The Morgan fingerprint density at radius 3 is 2.79 bits per heavy atom. The number of fused-ring (bicyclic) bond motifs is 1. The van der Waals surface area contributed by atoms with Crippen LogP contribution in [0, 0.1) is 5.41 Å². The van der Waals surface area contributed by atoms with Crippen molar-refractivity contribution in [2.24, 2.45) is 5.41 Å². The molecule has 24 heavy (non-hydrogen) atoms. The number of hydrogen-bond acceptors (Lipinski definition) is 7. The molecule has 0 radical (unpaired) electrons. The predicted octanol–water partition coefficient (Wildman–Crippen LogP) is 2.35. The van der Waals surface area contributed by atoms with Gasteiger partial charge in [-0.15, -0.1) is 0 Å². The van der Waals surface area contributed by atoms with Crippen molar-refractivity contribution in [2.45, 2.75) is 39.8 Å². The van der Waals surface area contributed by atoms with Gasteiger partial charge in [0.2, 0.25) is 18.5 Å². The summed E-state index contributed by atoms with van der Waals surface area (Å²) >= 11 is 0. The van der Waals surface area contributed by atoms with Crippen LogP contribution in [-0.4, -0.2) is 34.7 Å². The highest BCUT2D eigenvalue weighted by atomic mass is 16.7. The Bertz CT molecular complexity index is 693. The third-order valence-electron chi connectivity index (χ3n) is 4.06. The van der Waals surface area contributed by atoms with Crippen LogP contribution in [-0.2, 0) is 6.54 Å². The maximum Gasteiger partial charge on any atom is 0.240 e. The van der Waals surface area contributed by atoms with Crippen molar-refractivity contribution in [1.82, 2.24) is 15.5 Å². The lowest BCUT2D eigenvalue weighted by molar-refractivity contribution is 0.174. The molecule has 7 heteroatoms. The van der Waals surface area contributed by atoms with Gasteiger partial charge in [0.1, 0.15) is 0 Å². The molecule has 0 aliphatic carbocycles. The van der Waals surface area contributed by atoms with Crippen molar-refractivity contribution in [1.29, 1.82) is 0 Å². The normalized spacial score (nSPS) is 14.8. The van der Waals surface area contributed by atoms with E-state index in [-0.39, 0.29) is 24.9 Å². The van der Waals surface area contributed by atoms with Gasteiger partial charge < -0.3 is 24.4 Å². The number of aromatic nitrogens is 2. The van der Waals surface area contributed by atoms with Crippen LogP contribution in [0.15, 0.2) is 22.7 Å². The van der Waals surface area contributed by atoms with Crippen LogP contribution in [0.1, 0.15) is 33.1 Å². The number of nitrogens with one attached hydrogen (secondary N) is 1. The van der Waals surface area contributed by atoms with Crippen molar-refractivity contribution in [2.75, 3.05) is 13.4 Å². The van der Waals surface area contributed by atoms with Gasteiger partial charge >= 0.3 is 0 Å². The lowest BCUT2D eigenvalue weighted by Gasteiger charge is -2.30. The van der Waals surface area contributed by atoms with Gasteiger partial charge in [0.05, 0.1) is 6.54 Å². The van der Waals surface area contributed by atoms with Crippen molar-refractivity contribution in [3.05, 3.63) is 24.1 Å². The van der Waals surface area contributed by atoms with Gasteiger partial charge in [0.15, 0.2) is 11.5 Å². The second-order valence-electron chi connectivity index (χ2n) is 6.89. The van der Waals surface area contributed by atoms with E-state index in [1.165, 1.54) is 0 Å². The molecule has 0 bridgehead atoms. The summed E-state index contributed by atoms with van der Waals surface area (Å²) in [6.45, 7) is 7.23. The number of nitrogens with zero attached hydrogens (tertiary/aromatic N) is 2. The average Bonchev–Trinajstić information content (AvgIpc) is 3.18. The largest absolute Gasteiger partial charge is 0.454 e. The molecule has 0 spiro atoms. The maximum atomic E-state index is 9.21. The van der Waals surface area contributed by atoms with Crippen LogP contribution >= 0.6 is 0 Å². The third-order valence-corrected chi connectivity index (χ3v) is 4.06. The van der Waals surface area contributed by atoms with Gasteiger partial charge in [-0.3, -0.25) is 0 Å². The molecule has 0 saturated heterocycles. The Kier molecular flexibility index (Phi) is 4.73. The summed E-state index contributed by atoms with van der Waals surface area (Å²) in [5.41, 5.74) is 0.847. The first kappa shape index (κ1) is 16.7. The smallest absolute Gasteiger partial charge is 0.240 e. The van der Waals surface area contributed by atoms with Gasteiger partial charge in [-0.05, 0) is 30.0 Å². The highest BCUT2D eigenvalue weighted by Gasteiger charge is 2.24. The molecular weight excluding hydrogens is 310 g/mol. The fourth-order valence-corrected chi connectivity index (χ4v) is 2.66. The first-order valence-corrected chi connectivity index (χ1v) is 8.04. The third kappa shape index (κ3) is 3.68. The molecule has 3 rings (SSSR count). The molecule has 1 aliphatic rings. The monoisotopic (exact) mass is 333 g/mol. The molecule has 1 aliphatic heterocycles. The molecule has 1 unspecified atom stereocenters. The molecule has 130 valence electrons. The standard InChI is InChI=1S/C17H23N3O4/c1-17(2,3)14(6-7-21)18-9-15-19-16(20-24-15)11-4-5-12-13(8-11)23-10-22-12/h4-5,8,14,18,21H,6-7,9-10H2,1-3H3. The summed E-state index contributed by atoms with van der Waals surface area (Å²) in [6, 6.07) is 5.71. The highest BCUT2D eigenvalue weighted by molar-refractivity contribution is 5.61. The molecule has 0 fully saturated rings. The van der Waals surface area contributed by atoms with E-state index >= 15 is 0 Å². The van der Waals surface area contributed by atoms with Crippen LogP contribution in [0.3, 0.4) is 0 Å². The van der Waals surface area contributed by atoms with Crippen LogP contribution in [0.25, 0.3) is 11.4 Å². The van der Waals surface area contributed by atoms with Crippen molar-refractivity contribution >= 4 is 0 Å². The van der Waals surface area contributed by atoms with Gasteiger partial charge in [-0.2, -0.15) is 4.98 Å². The van der Waals surface area contributed by atoms with Crippen LogP contribution in [0.2, 0.25) is 0 Å². The quantitative estimate of drug-likeness (QED) is 0.838. The van der Waals surface area contributed by atoms with E-state index in [0.29, 0.717) is 30.4 Å². The minimum absolute atomic E-state index is 0.0307. The topological polar surface area (TPSA) is 89.6 Å². The zero-order chi connectivity index (χ0) is 17.2. The van der Waals surface area contributed by atoms with E-state index in [9.17, 15) is 5.11 Å². The first-order chi connectivity index (χ1) is 11.5. The van der Waals surface area contributed by atoms with Crippen LogP contribution < -0.4 is 14.8 Å². The summed E-state index contributed by atoms with van der Waals surface area (Å²) in [5, 5.41) is 16.6. The van der Waals surface area contributed by atoms with Crippen molar-refractivity contribution < 1.29 is 19.1 Å². The van der Waals surface area contributed by atoms with E-state index in [1.807, 2.05) is 18.2 Å². The zero-order valence-electron chi connectivity index (χ0n) is 14.2. The Morgan fingerprint density at radius 2 is 2.04 bits per heavy atom. The zero-order valence-corrected chi connectivity index (χ0v) is 14.2. The van der Waals surface area contributed by atoms with E-state index in [4.69, 9.17) is 14.0 Å². The first-order valence-electron chi connectivity index (χ1n) is 8.04. The number of ether oxygens (including phenoxy) is 2. The molecule has 0 saturated carbocycles. The average molecular weight is 333 g/mol. The highest BCUT2D eigenvalue weighted by Crippen LogP contribution is 2.35. The minimum atomic E-state index is 0.0307. The molecule has 0 amide bonds. The molecule has 2 aromatic rings. The molecular formula is C17H23N3O4. The van der Waals surface area contributed by atoms with Crippen molar-refractivity contribution in [3.63, 3.8) is 0 Å². The van der Waals surface area contributed by atoms with Gasteiger partial charge in [-0.1, -0.05) is 25.9 Å². The number of benzene rings is 1. The van der Waals surface area contributed by atoms with Gasteiger partial charge in [0.25, 0.3) is 0 Å². The summed E-state index contributed by atoms with van der Waals surface area (Å²) in [5.74, 6) is 2.43. The van der Waals surface area contributed by atoms with E-state index in [0.717, 1.165) is 11.3 Å². The van der Waals surface area contributed by atoms with Gasteiger partial charge in [0, 0.05) is 18.2 Å². The molecule has 2 N–H and O–H groups in total. The fourth-order valence-electron chi connectivity index (χ4n) is 2.66. The minimum Gasteiger partial charge on any atom is -0.454 e. The SMILES string of the molecule is CC(C)(C)C(CCO)NCc1nc(-c2ccc3c(c2)OCO3)no1. The summed E-state index contributed by atoms with van der Waals surface area (Å²) in [7, 11) is 0. The number of aliphatic hydroxyl groups is 1. The van der Waals surface area contributed by atoms with E-state index < -0.39 is 0 Å². The lowest BCUT2D eigenvalue weighted by atomic mass is 9.85. The molecule has 2 heterocycles. The Balaban J connectivity index is 1.67. The Morgan fingerprint density at radius 1 is 1.25 bits per heavy atom. The Labute approximate surface area is 141 Å². The summed E-state index contributed by atoms with van der Waals surface area (Å²) < 4.78 is 16.0. The van der Waals surface area contributed by atoms with Crippen LogP contribution in [0.5, 0.6) is 11.5 Å². The molecule has 1 aromatic carbocycles. The molecule has 7 nitrogen and oxygen atoms in total. The van der Waals surface area contributed by atoms with E-state index in [2.05, 4.69) is 36.2 Å². The van der Waals surface area contributed by atoms with E-state index in [1.54, 1.807) is 0 Å². The van der Waals surface area contributed by atoms with Crippen LogP contribution in [0.4, 0.5) is 0 Å². The number of hydrogen-bond donors (Lipinski definition) is 2. The fraction of sp³-hybridized carbons (Fsp3) is 0.529. The predicted molar refractivity (Wildman–Crippen MR) is 87.6 cm³/mol. The Hall–Kier alpha value is -2.12. The molecule has 1 aromatic heterocycles. The van der Waals surface area contributed by atoms with Gasteiger partial charge in [-0.25, -0.2) is 0 Å². The lowest BCUT2D eigenvalue weighted by Crippen LogP contribution is -2.40. The number of rotatable bonds is 6. The number of aliphatic hydroxyl groups excluding tert-OH is 1. The summed E-state index contributed by atoms with van der Waals surface area (Å²) in [6.07, 6.45) is 0.673. The second-order valence-corrected chi connectivity index (χ2v) is 6.89. The summed E-state index contributed by atoms with van der Waals surface area (Å²) in [4.78, 5) is 4.42. The second kappa shape index (κ2) is 6.78.